The summed E-state index contributed by atoms with van der Waals surface area (Å²) in [7, 11) is 1.64. The highest BCUT2D eigenvalue weighted by Crippen LogP contribution is 2.18. The molecule has 3 rings (SSSR count). The van der Waals surface area contributed by atoms with E-state index < -0.39 is 0 Å². The highest BCUT2D eigenvalue weighted by molar-refractivity contribution is 5.74. The first-order valence-corrected chi connectivity index (χ1v) is 8.89. The van der Waals surface area contributed by atoms with E-state index in [0.29, 0.717) is 19.6 Å². The summed E-state index contributed by atoms with van der Waals surface area (Å²) in [5.41, 5.74) is 2.02. The highest BCUT2D eigenvalue weighted by Gasteiger charge is 2.23. The van der Waals surface area contributed by atoms with E-state index in [1.807, 2.05) is 48.2 Å². The monoisotopic (exact) mass is 355 g/mol. The van der Waals surface area contributed by atoms with Crippen LogP contribution in [0.4, 0.5) is 4.79 Å². The van der Waals surface area contributed by atoms with Gasteiger partial charge in [-0.1, -0.05) is 12.1 Å². The molecule has 1 aromatic carbocycles. The van der Waals surface area contributed by atoms with E-state index in [-0.39, 0.29) is 12.1 Å². The zero-order valence-corrected chi connectivity index (χ0v) is 15.3. The number of ether oxygens (including phenoxy) is 2. The van der Waals surface area contributed by atoms with Gasteiger partial charge in [-0.05, 0) is 36.8 Å². The molecule has 1 saturated heterocycles. The Balaban J connectivity index is 1.42. The summed E-state index contributed by atoms with van der Waals surface area (Å²) in [4.78, 5) is 18.4. The predicted octanol–water partition coefficient (Wildman–Crippen LogP) is 3.15. The molecular formula is C20H25N3O3. The second kappa shape index (κ2) is 8.56. The van der Waals surface area contributed by atoms with E-state index in [0.717, 1.165) is 35.6 Å². The molecule has 0 saturated carbocycles. The summed E-state index contributed by atoms with van der Waals surface area (Å²) in [5, 5.41) is 2.97. The maximum atomic E-state index is 12.3. The van der Waals surface area contributed by atoms with E-state index in [1.165, 1.54) is 0 Å². The zero-order valence-electron chi connectivity index (χ0n) is 15.3. The number of piperidine rings is 1. The number of nitrogens with one attached hydrogen (secondary N) is 1. The van der Waals surface area contributed by atoms with Crippen molar-refractivity contribution in [2.24, 2.45) is 0 Å². The number of benzene rings is 1. The van der Waals surface area contributed by atoms with Gasteiger partial charge in [0.1, 0.15) is 17.6 Å². The lowest BCUT2D eigenvalue weighted by molar-refractivity contribution is 0.110. The van der Waals surface area contributed by atoms with Gasteiger partial charge in [-0.3, -0.25) is 4.98 Å². The van der Waals surface area contributed by atoms with Gasteiger partial charge < -0.3 is 19.7 Å². The van der Waals surface area contributed by atoms with Crippen molar-refractivity contribution in [2.45, 2.75) is 32.4 Å². The lowest BCUT2D eigenvalue weighted by Crippen LogP contribution is -2.46. The maximum Gasteiger partial charge on any atom is 0.317 e. The van der Waals surface area contributed by atoms with Gasteiger partial charge in [-0.25, -0.2) is 4.79 Å². The second-order valence-electron chi connectivity index (χ2n) is 6.45. The molecule has 2 aromatic rings. The van der Waals surface area contributed by atoms with Crippen LogP contribution in [-0.2, 0) is 6.54 Å². The first-order valence-electron chi connectivity index (χ1n) is 8.89. The van der Waals surface area contributed by atoms with Gasteiger partial charge in [0.25, 0.3) is 0 Å². The third kappa shape index (κ3) is 4.88. The van der Waals surface area contributed by atoms with Crippen molar-refractivity contribution in [2.75, 3.05) is 20.2 Å². The Labute approximate surface area is 154 Å². The number of carbonyl (C=O) groups excluding carboxylic acids is 1. The maximum absolute atomic E-state index is 12.3. The Morgan fingerprint density at radius 1 is 1.15 bits per heavy atom. The molecule has 0 aliphatic carbocycles. The molecule has 26 heavy (non-hydrogen) atoms. The molecular weight excluding hydrogens is 330 g/mol. The summed E-state index contributed by atoms with van der Waals surface area (Å²) < 4.78 is 11.1. The van der Waals surface area contributed by atoms with Crippen LogP contribution < -0.4 is 14.8 Å². The minimum atomic E-state index is -0.0312. The summed E-state index contributed by atoms with van der Waals surface area (Å²) in [6, 6.07) is 11.5. The molecule has 1 aliphatic heterocycles. The molecule has 0 unspecified atom stereocenters. The molecule has 0 bridgehead atoms. The van der Waals surface area contributed by atoms with Crippen molar-refractivity contribution in [3.8, 4) is 11.5 Å². The molecule has 0 spiro atoms. The Kier molecular flexibility index (Phi) is 5.94. The van der Waals surface area contributed by atoms with Crippen LogP contribution >= 0.6 is 0 Å². The number of aromatic nitrogens is 1. The van der Waals surface area contributed by atoms with Gasteiger partial charge in [-0.15, -0.1) is 0 Å². The number of hydrogen-bond acceptors (Lipinski definition) is 4. The number of amides is 2. The average molecular weight is 355 g/mol. The fourth-order valence-corrected chi connectivity index (χ4v) is 2.93. The van der Waals surface area contributed by atoms with Crippen LogP contribution in [0.3, 0.4) is 0 Å². The largest absolute Gasteiger partial charge is 0.497 e. The third-order valence-corrected chi connectivity index (χ3v) is 4.52. The van der Waals surface area contributed by atoms with Crippen LogP contribution in [-0.4, -0.2) is 42.2 Å². The van der Waals surface area contributed by atoms with Crippen LogP contribution in [0.2, 0.25) is 0 Å². The second-order valence-corrected chi connectivity index (χ2v) is 6.45. The van der Waals surface area contributed by atoms with Crippen LogP contribution in [0.25, 0.3) is 0 Å². The number of aryl methyl sites for hydroxylation is 1. The SMILES string of the molecule is COc1ccc(CNC(=O)N2CCC(Oc3ccc(C)nc3)CC2)cc1. The molecule has 1 aromatic heterocycles. The van der Waals surface area contributed by atoms with Gasteiger partial charge >= 0.3 is 6.03 Å². The smallest absolute Gasteiger partial charge is 0.317 e. The molecule has 6 heteroatoms. The number of rotatable bonds is 5. The first-order chi connectivity index (χ1) is 12.6. The molecule has 6 nitrogen and oxygen atoms in total. The minimum Gasteiger partial charge on any atom is -0.497 e. The van der Waals surface area contributed by atoms with Gasteiger partial charge in [0, 0.05) is 38.2 Å². The summed E-state index contributed by atoms with van der Waals surface area (Å²) in [6.07, 6.45) is 3.53. The van der Waals surface area contributed by atoms with Gasteiger partial charge in [0.15, 0.2) is 0 Å². The molecule has 0 atom stereocenters. The fourth-order valence-electron chi connectivity index (χ4n) is 2.93. The average Bonchev–Trinajstić information content (AvgIpc) is 2.69. The minimum absolute atomic E-state index is 0.0312. The quantitative estimate of drug-likeness (QED) is 0.895. The van der Waals surface area contributed by atoms with Gasteiger partial charge in [-0.2, -0.15) is 0 Å². The molecule has 1 aliphatic rings. The van der Waals surface area contributed by atoms with E-state index in [9.17, 15) is 4.79 Å². The standard InChI is InChI=1S/C20H25N3O3/c1-15-3-6-19(14-21-15)26-18-9-11-23(12-10-18)20(24)22-13-16-4-7-17(25-2)8-5-16/h3-8,14,18H,9-13H2,1-2H3,(H,22,24). The van der Waals surface area contributed by atoms with E-state index in [1.54, 1.807) is 13.3 Å². The first kappa shape index (κ1) is 18.0. The van der Waals surface area contributed by atoms with E-state index in [2.05, 4.69) is 10.3 Å². The van der Waals surface area contributed by atoms with E-state index >= 15 is 0 Å². The summed E-state index contributed by atoms with van der Waals surface area (Å²) >= 11 is 0. The van der Waals surface area contributed by atoms with Crippen molar-refractivity contribution < 1.29 is 14.3 Å². The lowest BCUT2D eigenvalue weighted by Gasteiger charge is -2.32. The number of pyridine rings is 1. The molecule has 0 radical (unpaired) electrons. The molecule has 2 heterocycles. The predicted molar refractivity (Wildman–Crippen MR) is 99.4 cm³/mol. The molecule has 1 N–H and O–H groups in total. The number of nitrogens with zero attached hydrogens (tertiary/aromatic N) is 2. The highest BCUT2D eigenvalue weighted by atomic mass is 16.5. The van der Waals surface area contributed by atoms with Crippen molar-refractivity contribution in [1.29, 1.82) is 0 Å². The Morgan fingerprint density at radius 3 is 2.46 bits per heavy atom. The van der Waals surface area contributed by atoms with Crippen LogP contribution in [0.5, 0.6) is 11.5 Å². The van der Waals surface area contributed by atoms with Crippen molar-refractivity contribution in [3.63, 3.8) is 0 Å². The lowest BCUT2D eigenvalue weighted by atomic mass is 10.1. The number of urea groups is 1. The third-order valence-electron chi connectivity index (χ3n) is 4.52. The van der Waals surface area contributed by atoms with Crippen LogP contribution in [0.1, 0.15) is 24.1 Å². The van der Waals surface area contributed by atoms with Gasteiger partial charge in [0.05, 0.1) is 13.3 Å². The Morgan fingerprint density at radius 2 is 1.85 bits per heavy atom. The summed E-state index contributed by atoms with van der Waals surface area (Å²) in [6.45, 7) is 3.85. The number of carbonyl (C=O) groups is 1. The van der Waals surface area contributed by atoms with E-state index in [4.69, 9.17) is 9.47 Å². The summed E-state index contributed by atoms with van der Waals surface area (Å²) in [5.74, 6) is 1.60. The topological polar surface area (TPSA) is 63.7 Å². The van der Waals surface area contributed by atoms with Gasteiger partial charge in [0.2, 0.25) is 0 Å². The van der Waals surface area contributed by atoms with Crippen molar-refractivity contribution in [3.05, 3.63) is 53.9 Å². The number of likely N-dealkylation sites (tertiary alicyclic amines) is 1. The molecule has 1 fully saturated rings. The Hall–Kier alpha value is -2.76. The number of methoxy groups -OCH3 is 1. The van der Waals surface area contributed by atoms with Crippen molar-refractivity contribution in [1.82, 2.24) is 15.2 Å². The molecule has 2 amide bonds. The fraction of sp³-hybridized carbons (Fsp3) is 0.400. The zero-order chi connectivity index (χ0) is 18.4. The van der Waals surface area contributed by atoms with Crippen molar-refractivity contribution >= 4 is 6.03 Å². The normalized spacial score (nSPS) is 14.8. The number of hydrogen-bond donors (Lipinski definition) is 1. The van der Waals surface area contributed by atoms with Crippen LogP contribution in [0.15, 0.2) is 42.6 Å². The Bertz CT molecular complexity index is 708. The van der Waals surface area contributed by atoms with Crippen LogP contribution in [0, 0.1) is 6.92 Å². The molecule has 138 valence electrons.